The summed E-state index contributed by atoms with van der Waals surface area (Å²) in [6, 6.07) is 15.8. The largest absolute Gasteiger partial charge is 0.457 e. The van der Waals surface area contributed by atoms with Gasteiger partial charge in [-0.15, -0.1) is 0 Å². The summed E-state index contributed by atoms with van der Waals surface area (Å²) in [5.74, 6) is 0.931. The van der Waals surface area contributed by atoms with E-state index in [4.69, 9.17) is 27.6 Å². The van der Waals surface area contributed by atoms with Gasteiger partial charge in [0.25, 0.3) is 11.8 Å². The zero-order valence-electron chi connectivity index (χ0n) is 19.1. The fourth-order valence-electron chi connectivity index (χ4n) is 3.84. The van der Waals surface area contributed by atoms with Crippen LogP contribution in [0.3, 0.4) is 0 Å². The number of hydrogen-bond donors (Lipinski definition) is 1. The van der Waals surface area contributed by atoms with E-state index in [0.717, 1.165) is 18.4 Å². The number of aryl methyl sites for hydroxylation is 1. The summed E-state index contributed by atoms with van der Waals surface area (Å²) in [6.07, 6.45) is 3.43. The Bertz CT molecular complexity index is 1220. The zero-order valence-corrected chi connectivity index (χ0v) is 20.6. The lowest BCUT2D eigenvalue weighted by molar-refractivity contribution is -0.128. The molecule has 0 spiro atoms. The van der Waals surface area contributed by atoms with Gasteiger partial charge in [-0.1, -0.05) is 47.8 Å². The second-order valence-electron chi connectivity index (χ2n) is 8.68. The van der Waals surface area contributed by atoms with Gasteiger partial charge in [0.1, 0.15) is 17.2 Å². The number of rotatable bonds is 5. The summed E-state index contributed by atoms with van der Waals surface area (Å²) >= 11 is 12.4. The van der Waals surface area contributed by atoms with Crippen LogP contribution in [0.5, 0.6) is 0 Å². The third kappa shape index (κ3) is 5.72. The van der Waals surface area contributed by atoms with Crippen LogP contribution >= 0.6 is 23.2 Å². The number of amides is 2. The highest BCUT2D eigenvalue weighted by Crippen LogP contribution is 2.32. The van der Waals surface area contributed by atoms with Crippen LogP contribution in [0.15, 0.2) is 64.7 Å². The van der Waals surface area contributed by atoms with Gasteiger partial charge in [0.2, 0.25) is 0 Å². The van der Waals surface area contributed by atoms with Crippen LogP contribution in [0, 0.1) is 12.8 Å². The molecule has 1 N–H and O–H groups in total. The van der Waals surface area contributed by atoms with Crippen LogP contribution in [0.1, 0.15) is 41.4 Å². The van der Waals surface area contributed by atoms with Crippen molar-refractivity contribution in [3.05, 3.63) is 87.2 Å². The average Bonchev–Trinajstić information content (AvgIpc) is 3.29. The maximum absolute atomic E-state index is 13.4. The first-order valence-corrected chi connectivity index (χ1v) is 12.0. The van der Waals surface area contributed by atoms with Gasteiger partial charge in [-0.25, -0.2) is 0 Å². The van der Waals surface area contributed by atoms with Crippen LogP contribution in [0.4, 0.5) is 0 Å². The molecule has 2 amide bonds. The van der Waals surface area contributed by atoms with E-state index in [2.05, 4.69) is 12.2 Å². The van der Waals surface area contributed by atoms with Gasteiger partial charge in [-0.05, 0) is 68.1 Å². The van der Waals surface area contributed by atoms with E-state index in [1.54, 1.807) is 53.4 Å². The Kier molecular flexibility index (Phi) is 7.44. The molecule has 2 aromatic carbocycles. The smallest absolute Gasteiger partial charge is 0.270 e. The third-order valence-electron chi connectivity index (χ3n) is 5.97. The number of nitrogens with zero attached hydrogens (tertiary/aromatic N) is 1. The molecule has 0 saturated carbocycles. The maximum Gasteiger partial charge on any atom is 0.270 e. The standard InChI is InChI=1S/C27H26Cl2N2O3/c1-17-3-5-19(6-4-17)26(32)30-24(27(33)31-13-11-18(2)12-14-31)16-21-8-10-25(34-21)22-15-20(28)7-9-23(22)29/h3-10,15-16,18H,11-14H2,1-2H3,(H,30,32)/b24-16+. The number of hydrogen-bond acceptors (Lipinski definition) is 3. The van der Waals surface area contributed by atoms with Gasteiger partial charge >= 0.3 is 0 Å². The van der Waals surface area contributed by atoms with E-state index in [1.165, 1.54) is 0 Å². The maximum atomic E-state index is 13.4. The molecule has 1 aliphatic heterocycles. The zero-order chi connectivity index (χ0) is 24.2. The average molecular weight is 497 g/mol. The van der Waals surface area contributed by atoms with Crippen molar-refractivity contribution in [1.29, 1.82) is 0 Å². The second-order valence-corrected chi connectivity index (χ2v) is 9.52. The summed E-state index contributed by atoms with van der Waals surface area (Å²) in [6.45, 7) is 5.44. The lowest BCUT2D eigenvalue weighted by Crippen LogP contribution is -2.42. The summed E-state index contributed by atoms with van der Waals surface area (Å²) in [4.78, 5) is 28.1. The number of furan rings is 1. The Labute approximate surface area is 209 Å². The first-order chi connectivity index (χ1) is 16.3. The van der Waals surface area contributed by atoms with E-state index in [0.29, 0.717) is 51.7 Å². The molecule has 1 aromatic heterocycles. The lowest BCUT2D eigenvalue weighted by atomic mass is 9.99. The van der Waals surface area contributed by atoms with Gasteiger partial charge in [-0.2, -0.15) is 0 Å². The molecule has 176 valence electrons. The van der Waals surface area contributed by atoms with Crippen molar-refractivity contribution in [2.24, 2.45) is 5.92 Å². The van der Waals surface area contributed by atoms with Gasteiger partial charge < -0.3 is 14.6 Å². The molecule has 5 nitrogen and oxygen atoms in total. The summed E-state index contributed by atoms with van der Waals surface area (Å²) in [5.41, 5.74) is 2.34. The van der Waals surface area contributed by atoms with Gasteiger partial charge in [0.15, 0.2) is 0 Å². The quantitative estimate of drug-likeness (QED) is 0.405. The molecule has 0 bridgehead atoms. The molecular formula is C27H26Cl2N2O3. The Morgan fingerprint density at radius 3 is 2.44 bits per heavy atom. The number of benzene rings is 2. The fourth-order valence-corrected chi connectivity index (χ4v) is 4.22. The van der Waals surface area contributed by atoms with Crippen molar-refractivity contribution in [2.45, 2.75) is 26.7 Å². The highest BCUT2D eigenvalue weighted by Gasteiger charge is 2.25. The molecule has 3 aromatic rings. The molecule has 1 fully saturated rings. The van der Waals surface area contributed by atoms with Gasteiger partial charge in [0.05, 0.1) is 5.02 Å². The SMILES string of the molecule is Cc1ccc(C(=O)N/C(=C/c2ccc(-c3cc(Cl)ccc3Cl)o2)C(=O)N2CCC(C)CC2)cc1. The lowest BCUT2D eigenvalue weighted by Gasteiger charge is -2.31. The number of carbonyl (C=O) groups excluding carboxylic acids is 2. The molecule has 1 saturated heterocycles. The van der Waals surface area contributed by atoms with Crippen LogP contribution < -0.4 is 5.32 Å². The first kappa shape index (κ1) is 24.1. The van der Waals surface area contributed by atoms with E-state index >= 15 is 0 Å². The molecule has 0 unspecified atom stereocenters. The second kappa shape index (κ2) is 10.5. The molecule has 0 atom stereocenters. The van der Waals surface area contributed by atoms with Crippen LogP contribution in [0.25, 0.3) is 17.4 Å². The molecule has 7 heteroatoms. The van der Waals surface area contributed by atoms with Crippen molar-refractivity contribution >= 4 is 41.1 Å². The number of nitrogens with one attached hydrogen (secondary N) is 1. The van der Waals surface area contributed by atoms with Crippen LogP contribution in [0.2, 0.25) is 10.0 Å². The Morgan fingerprint density at radius 1 is 1.03 bits per heavy atom. The van der Waals surface area contributed by atoms with Crippen molar-refractivity contribution in [3.8, 4) is 11.3 Å². The van der Waals surface area contributed by atoms with E-state index in [-0.39, 0.29) is 17.5 Å². The highest BCUT2D eigenvalue weighted by molar-refractivity contribution is 6.35. The third-order valence-corrected chi connectivity index (χ3v) is 6.54. The predicted molar refractivity (Wildman–Crippen MR) is 136 cm³/mol. The normalized spacial score (nSPS) is 14.8. The topological polar surface area (TPSA) is 62.6 Å². The Balaban J connectivity index is 1.64. The number of likely N-dealkylation sites (tertiary alicyclic amines) is 1. The van der Waals surface area contributed by atoms with E-state index < -0.39 is 0 Å². The Morgan fingerprint density at radius 2 is 1.74 bits per heavy atom. The molecule has 34 heavy (non-hydrogen) atoms. The minimum Gasteiger partial charge on any atom is -0.457 e. The monoisotopic (exact) mass is 496 g/mol. The van der Waals surface area contributed by atoms with Crippen molar-refractivity contribution < 1.29 is 14.0 Å². The Hall–Kier alpha value is -3.02. The van der Waals surface area contributed by atoms with Crippen LogP contribution in [-0.2, 0) is 4.79 Å². The summed E-state index contributed by atoms with van der Waals surface area (Å²) in [5, 5.41) is 3.84. The molecule has 4 rings (SSSR count). The van der Waals surface area contributed by atoms with Crippen LogP contribution in [-0.4, -0.2) is 29.8 Å². The number of piperidine rings is 1. The fraction of sp³-hybridized carbons (Fsp3) is 0.259. The van der Waals surface area contributed by atoms with Crippen molar-refractivity contribution in [1.82, 2.24) is 10.2 Å². The molecule has 2 heterocycles. The van der Waals surface area contributed by atoms with Gasteiger partial charge in [-0.3, -0.25) is 9.59 Å². The van der Waals surface area contributed by atoms with Crippen molar-refractivity contribution in [3.63, 3.8) is 0 Å². The highest BCUT2D eigenvalue weighted by atomic mass is 35.5. The minimum atomic E-state index is -0.352. The molecule has 1 aliphatic rings. The number of halogens is 2. The molecule has 0 aliphatic carbocycles. The number of carbonyl (C=O) groups is 2. The predicted octanol–water partition coefficient (Wildman–Crippen LogP) is 6.59. The first-order valence-electron chi connectivity index (χ1n) is 11.2. The van der Waals surface area contributed by atoms with E-state index in [1.807, 2.05) is 19.1 Å². The van der Waals surface area contributed by atoms with Crippen molar-refractivity contribution in [2.75, 3.05) is 13.1 Å². The summed E-state index contributed by atoms with van der Waals surface area (Å²) < 4.78 is 5.95. The van der Waals surface area contributed by atoms with E-state index in [9.17, 15) is 9.59 Å². The minimum absolute atomic E-state index is 0.165. The van der Waals surface area contributed by atoms with Gasteiger partial charge in [0, 0.05) is 35.3 Å². The summed E-state index contributed by atoms with van der Waals surface area (Å²) in [7, 11) is 0. The molecule has 0 radical (unpaired) electrons. The molecular weight excluding hydrogens is 471 g/mol.